The minimum Gasteiger partial charge on any atom is -0.434 e. The molecule has 128 valence electrons. The predicted molar refractivity (Wildman–Crippen MR) is 84.5 cm³/mol. The lowest BCUT2D eigenvalue weighted by Crippen LogP contribution is -2.32. The first-order valence-electron chi connectivity index (χ1n) is 7.24. The van der Waals surface area contributed by atoms with Crippen LogP contribution in [0, 0.1) is 5.82 Å². The van der Waals surface area contributed by atoms with Gasteiger partial charge >= 0.3 is 6.09 Å². The summed E-state index contributed by atoms with van der Waals surface area (Å²) in [6.07, 6.45) is -0.0847. The van der Waals surface area contributed by atoms with E-state index in [1.165, 1.54) is 18.2 Å². The molecule has 7 nitrogen and oxygen atoms in total. The van der Waals surface area contributed by atoms with Crippen LogP contribution in [0.2, 0.25) is 0 Å². The number of hydrogen-bond acceptors (Lipinski definition) is 5. The standard InChI is InChI=1S/C15H15FN2O5S/c16-12-7-10(18-8-13(14(17)19)23-15(18)20)1-2-11(12)9-3-5-24(21,22)6-4-9/h1-3,7,13H,4-6,8H2,(H2,17,19)/t13-/m1/s1. The smallest absolute Gasteiger partial charge is 0.415 e. The first-order chi connectivity index (χ1) is 11.3. The van der Waals surface area contributed by atoms with Crippen LogP contribution in [0.25, 0.3) is 5.57 Å². The molecule has 0 aromatic heterocycles. The van der Waals surface area contributed by atoms with E-state index in [1.54, 1.807) is 0 Å². The molecule has 2 amide bonds. The Hall–Kier alpha value is -2.42. The van der Waals surface area contributed by atoms with Crippen molar-refractivity contribution in [3.8, 4) is 0 Å². The maximum atomic E-state index is 14.4. The van der Waals surface area contributed by atoms with E-state index < -0.39 is 33.8 Å². The molecule has 2 aliphatic rings. The second-order valence-corrected chi connectivity index (χ2v) is 7.87. The predicted octanol–water partition coefficient (Wildman–Crippen LogP) is 0.838. The summed E-state index contributed by atoms with van der Waals surface area (Å²) in [6.45, 7) is -0.0755. The normalized spacial score (nSPS) is 22.9. The van der Waals surface area contributed by atoms with E-state index in [2.05, 4.69) is 0 Å². The van der Waals surface area contributed by atoms with E-state index >= 15 is 0 Å². The quantitative estimate of drug-likeness (QED) is 0.865. The van der Waals surface area contributed by atoms with Gasteiger partial charge in [-0.25, -0.2) is 17.6 Å². The molecule has 2 heterocycles. The lowest BCUT2D eigenvalue weighted by Gasteiger charge is -2.17. The molecule has 0 radical (unpaired) electrons. The molecule has 1 atom stereocenters. The molecule has 0 spiro atoms. The number of halogens is 1. The fourth-order valence-electron chi connectivity index (χ4n) is 2.68. The number of ether oxygens (including phenoxy) is 1. The molecule has 3 rings (SSSR count). The van der Waals surface area contributed by atoms with E-state index in [9.17, 15) is 22.4 Å². The fourth-order valence-corrected chi connectivity index (χ4v) is 3.83. The van der Waals surface area contributed by atoms with Crippen LogP contribution in [0.4, 0.5) is 14.9 Å². The van der Waals surface area contributed by atoms with Crippen LogP contribution < -0.4 is 10.6 Å². The molecule has 2 aliphatic heterocycles. The van der Waals surface area contributed by atoms with E-state index in [0.29, 0.717) is 11.1 Å². The minimum atomic E-state index is -3.09. The minimum absolute atomic E-state index is 0.0151. The Kier molecular flexibility index (Phi) is 4.04. The maximum Gasteiger partial charge on any atom is 0.415 e. The molecule has 0 unspecified atom stereocenters. The number of carbonyl (C=O) groups is 2. The second kappa shape index (κ2) is 5.90. The van der Waals surface area contributed by atoms with Crippen molar-refractivity contribution in [1.29, 1.82) is 0 Å². The number of nitrogens with two attached hydrogens (primary N) is 1. The molecule has 9 heteroatoms. The number of nitrogens with zero attached hydrogens (tertiary/aromatic N) is 1. The molecule has 1 aromatic carbocycles. The van der Waals surface area contributed by atoms with Crippen LogP contribution >= 0.6 is 0 Å². The van der Waals surface area contributed by atoms with Crippen molar-refractivity contribution in [2.75, 3.05) is 23.0 Å². The van der Waals surface area contributed by atoms with Gasteiger partial charge in [0.25, 0.3) is 5.91 Å². The zero-order valence-corrected chi connectivity index (χ0v) is 13.4. The number of rotatable bonds is 3. The van der Waals surface area contributed by atoms with Gasteiger partial charge < -0.3 is 10.5 Å². The van der Waals surface area contributed by atoms with Crippen molar-refractivity contribution in [2.45, 2.75) is 12.5 Å². The Labute approximate surface area is 137 Å². The molecular formula is C15H15FN2O5S. The van der Waals surface area contributed by atoms with Crippen LogP contribution in [0.15, 0.2) is 24.3 Å². The first kappa shape index (κ1) is 16.4. The Morgan fingerprint density at radius 1 is 1.38 bits per heavy atom. The summed E-state index contributed by atoms with van der Waals surface area (Å²) in [6, 6.07) is 4.16. The average molecular weight is 354 g/mol. The number of sulfone groups is 1. The number of cyclic esters (lactones) is 1. The van der Waals surface area contributed by atoms with Crippen LogP contribution in [0.3, 0.4) is 0 Å². The summed E-state index contributed by atoms with van der Waals surface area (Å²) in [5.74, 6) is -1.47. The van der Waals surface area contributed by atoms with Crippen molar-refractivity contribution in [3.05, 3.63) is 35.7 Å². The van der Waals surface area contributed by atoms with Gasteiger partial charge in [-0.3, -0.25) is 9.69 Å². The third-order valence-electron chi connectivity index (χ3n) is 4.01. The zero-order chi connectivity index (χ0) is 17.5. The first-order valence-corrected chi connectivity index (χ1v) is 9.06. The van der Waals surface area contributed by atoms with Crippen LogP contribution in [-0.4, -0.2) is 44.6 Å². The molecule has 1 aromatic rings. The van der Waals surface area contributed by atoms with E-state index in [4.69, 9.17) is 10.5 Å². The van der Waals surface area contributed by atoms with Crippen LogP contribution in [0.5, 0.6) is 0 Å². The molecule has 0 bridgehead atoms. The number of allylic oxidation sites excluding steroid dienone is 1. The Bertz CT molecular complexity index is 849. The molecule has 0 saturated carbocycles. The van der Waals surface area contributed by atoms with Crippen molar-refractivity contribution in [1.82, 2.24) is 0 Å². The molecule has 1 fully saturated rings. The lowest BCUT2D eigenvalue weighted by atomic mass is 10.0. The van der Waals surface area contributed by atoms with Gasteiger partial charge in [-0.15, -0.1) is 0 Å². The zero-order valence-electron chi connectivity index (χ0n) is 12.6. The summed E-state index contributed by atoms with van der Waals surface area (Å²) < 4.78 is 42.1. The highest BCUT2D eigenvalue weighted by atomic mass is 32.2. The average Bonchev–Trinajstić information content (AvgIpc) is 2.90. The third kappa shape index (κ3) is 3.12. The largest absolute Gasteiger partial charge is 0.434 e. The second-order valence-electron chi connectivity index (χ2n) is 5.64. The molecule has 1 saturated heterocycles. The van der Waals surface area contributed by atoms with Gasteiger partial charge in [-0.2, -0.15) is 0 Å². The molecule has 24 heavy (non-hydrogen) atoms. The maximum absolute atomic E-state index is 14.4. The number of hydrogen-bond donors (Lipinski definition) is 1. The van der Waals surface area contributed by atoms with Crippen molar-refractivity contribution >= 4 is 33.1 Å². The molecule has 0 aliphatic carbocycles. The lowest BCUT2D eigenvalue weighted by molar-refractivity contribution is -0.124. The summed E-state index contributed by atoms with van der Waals surface area (Å²) in [7, 11) is -3.09. The Balaban J connectivity index is 1.85. The van der Waals surface area contributed by atoms with Crippen molar-refractivity contribution < 1.29 is 27.1 Å². The van der Waals surface area contributed by atoms with E-state index in [0.717, 1.165) is 11.0 Å². The Morgan fingerprint density at radius 3 is 2.67 bits per heavy atom. The van der Waals surface area contributed by atoms with Gasteiger partial charge in [0.2, 0.25) is 0 Å². The van der Waals surface area contributed by atoms with Gasteiger partial charge in [-0.05, 0) is 30.2 Å². The molecule has 2 N–H and O–H groups in total. The summed E-state index contributed by atoms with van der Waals surface area (Å²) >= 11 is 0. The highest BCUT2D eigenvalue weighted by Crippen LogP contribution is 2.30. The highest BCUT2D eigenvalue weighted by molar-refractivity contribution is 7.91. The van der Waals surface area contributed by atoms with Crippen molar-refractivity contribution in [3.63, 3.8) is 0 Å². The number of amides is 2. The number of benzene rings is 1. The monoisotopic (exact) mass is 354 g/mol. The van der Waals surface area contributed by atoms with Crippen LogP contribution in [-0.2, 0) is 19.4 Å². The SMILES string of the molecule is NC(=O)[C@H]1CN(c2ccc(C3=CCS(=O)(=O)CC3)c(F)c2)C(=O)O1. The third-order valence-corrected chi connectivity index (χ3v) is 5.51. The Morgan fingerprint density at radius 2 is 2.12 bits per heavy atom. The highest BCUT2D eigenvalue weighted by Gasteiger charge is 2.36. The van der Waals surface area contributed by atoms with E-state index in [-0.39, 0.29) is 30.2 Å². The fraction of sp³-hybridized carbons (Fsp3) is 0.333. The number of primary amides is 1. The molecular weight excluding hydrogens is 339 g/mol. The number of anilines is 1. The van der Waals surface area contributed by atoms with Crippen LogP contribution in [0.1, 0.15) is 12.0 Å². The number of carbonyl (C=O) groups excluding carboxylic acids is 2. The summed E-state index contributed by atoms with van der Waals surface area (Å²) in [5, 5.41) is 0. The van der Waals surface area contributed by atoms with Gasteiger partial charge in [0.1, 0.15) is 5.82 Å². The van der Waals surface area contributed by atoms with Gasteiger partial charge in [-0.1, -0.05) is 6.08 Å². The van der Waals surface area contributed by atoms with E-state index in [1.807, 2.05) is 0 Å². The van der Waals surface area contributed by atoms with Gasteiger partial charge in [0.05, 0.1) is 23.7 Å². The summed E-state index contributed by atoms with van der Waals surface area (Å²) in [5.41, 5.74) is 6.26. The topological polar surface area (TPSA) is 107 Å². The van der Waals surface area contributed by atoms with Gasteiger partial charge in [0.15, 0.2) is 15.9 Å². The summed E-state index contributed by atoms with van der Waals surface area (Å²) in [4.78, 5) is 24.0. The van der Waals surface area contributed by atoms with Gasteiger partial charge in [0, 0.05) is 5.56 Å². The van der Waals surface area contributed by atoms with Crippen molar-refractivity contribution in [2.24, 2.45) is 5.73 Å².